The fourth-order valence-electron chi connectivity index (χ4n) is 0.467. The van der Waals surface area contributed by atoms with Gasteiger partial charge in [0, 0.05) is 17.7 Å². The third kappa shape index (κ3) is 16.4. The smallest absolute Gasteiger partial charge is 1.00 e. The average Bonchev–Trinajstić information content (AvgIpc) is 2.06. The number of hydrogen-bond donors (Lipinski definition) is 2. The van der Waals surface area contributed by atoms with Crippen LogP contribution in [0.2, 0.25) is 0 Å². The summed E-state index contributed by atoms with van der Waals surface area (Å²) < 4.78 is 20.2. The molecule has 0 saturated carbocycles. The third-order valence-corrected chi connectivity index (χ3v) is 1.75. The molecule has 5 nitrogen and oxygen atoms in total. The zero-order valence-corrected chi connectivity index (χ0v) is 14.2. The van der Waals surface area contributed by atoms with Gasteiger partial charge in [0.2, 0.25) is 0 Å². The summed E-state index contributed by atoms with van der Waals surface area (Å²) in [6.45, 7) is 3.41. The minimum atomic E-state index is -2.02. The molecule has 0 aromatic heterocycles. The summed E-state index contributed by atoms with van der Waals surface area (Å²) in [7, 11) is -2.02. The van der Waals surface area contributed by atoms with Gasteiger partial charge in [-0.25, -0.2) is 0 Å². The zero-order valence-electron chi connectivity index (χ0n) is 11.3. The van der Waals surface area contributed by atoms with Gasteiger partial charge in [-0.2, -0.15) is 0 Å². The number of hydroxylamine groups is 1. The Morgan fingerprint density at radius 2 is 2.14 bits per heavy atom. The molecule has 0 aromatic rings. The molecule has 0 rings (SSSR count). The molecular formula is C6H18N2Na2O3P+. The van der Waals surface area contributed by atoms with E-state index in [9.17, 15) is 4.57 Å². The van der Waals surface area contributed by atoms with Crippen LogP contribution in [0.1, 0.15) is 22.6 Å². The van der Waals surface area contributed by atoms with E-state index in [1.165, 1.54) is 0 Å². The fraction of sp³-hybridized carbons (Fsp3) is 1.00. The molecule has 14 heavy (non-hydrogen) atoms. The summed E-state index contributed by atoms with van der Waals surface area (Å²) in [5.74, 6) is 0. The Hall–Kier alpha value is 1.94. The van der Waals surface area contributed by atoms with Gasteiger partial charge in [-0.15, -0.1) is 10.0 Å². The Kier molecular flexibility index (Phi) is 26.3. The van der Waals surface area contributed by atoms with Crippen molar-refractivity contribution >= 4 is 8.25 Å². The van der Waals surface area contributed by atoms with Gasteiger partial charge in [-0.1, -0.05) is 13.3 Å². The van der Waals surface area contributed by atoms with Crippen LogP contribution in [0.15, 0.2) is 0 Å². The van der Waals surface area contributed by atoms with Crippen LogP contribution >= 0.6 is 8.25 Å². The van der Waals surface area contributed by atoms with Crippen molar-refractivity contribution in [3.05, 3.63) is 0 Å². The van der Waals surface area contributed by atoms with Gasteiger partial charge in [-0.05, 0) is 11.0 Å². The van der Waals surface area contributed by atoms with Crippen LogP contribution in [0.25, 0.3) is 0 Å². The predicted molar refractivity (Wildman–Crippen MR) is 48.8 cm³/mol. The first-order valence-corrected chi connectivity index (χ1v) is 5.10. The Balaban J connectivity index is -0.000000101. The standard InChI is InChI=1S/C6H16N2O3P.2Na.2H/c1-2-3-6-10-12(9)11-8-5-4-7;;;;/h8H,2-7H2,1H3;;;;/q3*+1;2*-1. The van der Waals surface area contributed by atoms with E-state index in [0.29, 0.717) is 19.7 Å². The van der Waals surface area contributed by atoms with Gasteiger partial charge in [0.05, 0.1) is 0 Å². The third-order valence-electron chi connectivity index (χ3n) is 1.08. The monoisotopic (exact) mass is 243 g/mol. The number of unbranched alkanes of at least 4 members (excludes halogenated alkanes) is 1. The van der Waals surface area contributed by atoms with Crippen LogP contribution in [0.3, 0.4) is 0 Å². The van der Waals surface area contributed by atoms with Crippen LogP contribution in [0.5, 0.6) is 0 Å². The van der Waals surface area contributed by atoms with E-state index in [2.05, 4.69) is 10.1 Å². The predicted octanol–water partition coefficient (Wildman–Crippen LogP) is -4.83. The molecule has 1 atom stereocenters. The van der Waals surface area contributed by atoms with Gasteiger partial charge in [-0.3, -0.25) is 0 Å². The Labute approximate surface area is 133 Å². The fourth-order valence-corrected chi connectivity index (χ4v) is 0.995. The quantitative estimate of drug-likeness (QED) is 0.194. The molecule has 0 fully saturated rings. The summed E-state index contributed by atoms with van der Waals surface area (Å²) in [4.78, 5) is 0. The van der Waals surface area contributed by atoms with E-state index in [4.69, 9.17) is 10.3 Å². The molecule has 0 heterocycles. The molecular weight excluding hydrogens is 225 g/mol. The van der Waals surface area contributed by atoms with Crippen molar-refractivity contribution in [3.8, 4) is 0 Å². The largest absolute Gasteiger partial charge is 1.00 e. The Bertz CT molecular complexity index is 128. The minimum Gasteiger partial charge on any atom is -1.00 e. The van der Waals surface area contributed by atoms with E-state index < -0.39 is 8.25 Å². The van der Waals surface area contributed by atoms with E-state index in [0.717, 1.165) is 12.8 Å². The Morgan fingerprint density at radius 3 is 2.64 bits per heavy atom. The molecule has 8 heteroatoms. The first-order valence-electron chi connectivity index (χ1n) is 4.01. The van der Waals surface area contributed by atoms with Crippen molar-refractivity contribution in [2.75, 3.05) is 19.7 Å². The number of hydrogen-bond acceptors (Lipinski definition) is 5. The van der Waals surface area contributed by atoms with Crippen LogP contribution in [0, 0.1) is 0 Å². The molecule has 0 saturated heterocycles. The van der Waals surface area contributed by atoms with Gasteiger partial charge < -0.3 is 8.59 Å². The average molecular weight is 243 g/mol. The second-order valence-electron chi connectivity index (χ2n) is 2.18. The van der Waals surface area contributed by atoms with E-state index in [-0.39, 0.29) is 62.0 Å². The molecule has 0 bridgehead atoms. The van der Waals surface area contributed by atoms with Crippen LogP contribution in [0.4, 0.5) is 0 Å². The maximum atomic E-state index is 10.8. The van der Waals surface area contributed by atoms with Crippen LogP contribution in [-0.2, 0) is 13.7 Å². The van der Waals surface area contributed by atoms with Gasteiger partial charge in [0.15, 0.2) is 0 Å². The van der Waals surface area contributed by atoms with Crippen molar-refractivity contribution in [1.29, 1.82) is 0 Å². The van der Waals surface area contributed by atoms with Crippen molar-refractivity contribution in [2.45, 2.75) is 19.8 Å². The first kappa shape index (κ1) is 21.2. The molecule has 0 aromatic carbocycles. The van der Waals surface area contributed by atoms with Gasteiger partial charge in [0.1, 0.15) is 6.61 Å². The number of rotatable bonds is 8. The van der Waals surface area contributed by atoms with E-state index in [1.807, 2.05) is 6.92 Å². The first-order chi connectivity index (χ1) is 5.81. The summed E-state index contributed by atoms with van der Waals surface area (Å²) in [5, 5.41) is 0. The second-order valence-corrected chi connectivity index (χ2v) is 3.07. The van der Waals surface area contributed by atoms with Crippen LogP contribution < -0.4 is 70.3 Å². The molecule has 76 valence electrons. The molecule has 1 unspecified atom stereocenters. The summed E-state index contributed by atoms with van der Waals surface area (Å²) in [6, 6.07) is 0. The SMILES string of the molecule is CCCCO[P+](=O)ONCCN.[H-].[H-].[Na+].[Na+]. The zero-order chi connectivity index (χ0) is 9.23. The molecule has 0 spiro atoms. The Morgan fingerprint density at radius 1 is 1.50 bits per heavy atom. The second kappa shape index (κ2) is 17.3. The topological polar surface area (TPSA) is 73.6 Å². The summed E-state index contributed by atoms with van der Waals surface area (Å²) in [6.07, 6.45) is 1.90. The van der Waals surface area contributed by atoms with Crippen molar-refractivity contribution in [3.63, 3.8) is 0 Å². The molecule has 0 aliphatic carbocycles. The molecule has 3 N–H and O–H groups in total. The van der Waals surface area contributed by atoms with Crippen molar-refractivity contribution in [2.24, 2.45) is 5.73 Å². The van der Waals surface area contributed by atoms with Gasteiger partial charge >= 0.3 is 67.4 Å². The maximum Gasteiger partial charge on any atom is 1.00 e. The van der Waals surface area contributed by atoms with E-state index >= 15 is 0 Å². The molecule has 0 radical (unpaired) electrons. The summed E-state index contributed by atoms with van der Waals surface area (Å²) >= 11 is 0. The normalized spacial score (nSPS) is 10.0. The van der Waals surface area contributed by atoms with Crippen molar-refractivity contribution in [1.82, 2.24) is 5.48 Å². The molecule has 0 aliphatic rings. The molecule has 0 aliphatic heterocycles. The number of nitrogens with two attached hydrogens (primary N) is 1. The van der Waals surface area contributed by atoms with Crippen LogP contribution in [-0.4, -0.2) is 19.7 Å². The van der Waals surface area contributed by atoms with Crippen molar-refractivity contribution < 1.29 is 75.7 Å². The van der Waals surface area contributed by atoms with Gasteiger partial charge in [0.25, 0.3) is 0 Å². The summed E-state index contributed by atoms with van der Waals surface area (Å²) in [5.41, 5.74) is 7.59. The minimum absolute atomic E-state index is 0. The van der Waals surface area contributed by atoms with E-state index in [1.54, 1.807) is 0 Å². The number of nitrogens with one attached hydrogen (secondary N) is 1. The maximum absolute atomic E-state index is 10.8. The molecule has 0 amide bonds.